The second kappa shape index (κ2) is 5.51. The normalized spacial score (nSPS) is 10.3. The highest BCUT2D eigenvalue weighted by molar-refractivity contribution is 5.90. The number of carbonyl (C=O) groups excluding carboxylic acids is 1. The maximum atomic E-state index is 12.0. The van der Waals surface area contributed by atoms with Gasteiger partial charge in [-0.2, -0.15) is 5.10 Å². The summed E-state index contributed by atoms with van der Waals surface area (Å²) in [5.74, 6) is 0.790. The Kier molecular flexibility index (Phi) is 3.79. The average molecular weight is 260 g/mol. The number of hydrogen-bond acceptors (Lipinski definition) is 4. The smallest absolute Gasteiger partial charge is 0.291 e. The number of amides is 1. The molecule has 0 saturated carbocycles. The zero-order valence-corrected chi connectivity index (χ0v) is 11.2. The van der Waals surface area contributed by atoms with Gasteiger partial charge in [-0.15, -0.1) is 0 Å². The molecule has 0 unspecified atom stereocenters. The molecular formula is C13H16N4O2. The average Bonchev–Trinajstić information content (AvgIpc) is 2.92. The summed E-state index contributed by atoms with van der Waals surface area (Å²) < 4.78 is 5.30. The number of aryl methyl sites for hydroxylation is 1. The summed E-state index contributed by atoms with van der Waals surface area (Å²) in [5, 5.41) is 6.23. The summed E-state index contributed by atoms with van der Waals surface area (Å²) in [7, 11) is 3.33. The van der Waals surface area contributed by atoms with E-state index in [4.69, 9.17) is 4.74 Å². The molecule has 0 aliphatic rings. The molecule has 1 aromatic heterocycles. The van der Waals surface area contributed by atoms with Gasteiger partial charge in [-0.05, 0) is 13.0 Å². The van der Waals surface area contributed by atoms with Crippen molar-refractivity contribution in [3.8, 4) is 5.75 Å². The lowest BCUT2D eigenvalue weighted by Gasteiger charge is -2.18. The van der Waals surface area contributed by atoms with Crippen LogP contribution in [-0.2, 0) is 6.54 Å². The predicted octanol–water partition coefficient (Wildman–Crippen LogP) is 1.39. The van der Waals surface area contributed by atoms with Crippen LogP contribution in [0.2, 0.25) is 0 Å². The van der Waals surface area contributed by atoms with E-state index in [0.29, 0.717) is 6.54 Å². The molecule has 0 saturated heterocycles. The van der Waals surface area contributed by atoms with Gasteiger partial charge in [-0.25, -0.2) is 4.98 Å². The Labute approximate surface area is 111 Å². The molecule has 1 amide bonds. The van der Waals surface area contributed by atoms with E-state index in [2.05, 4.69) is 15.2 Å². The molecule has 100 valence electrons. The van der Waals surface area contributed by atoms with Gasteiger partial charge in [0.05, 0.1) is 7.11 Å². The summed E-state index contributed by atoms with van der Waals surface area (Å²) in [6, 6.07) is 5.88. The van der Waals surface area contributed by atoms with Crippen LogP contribution in [0.15, 0.2) is 24.5 Å². The van der Waals surface area contributed by atoms with Crippen LogP contribution in [0.25, 0.3) is 0 Å². The zero-order valence-electron chi connectivity index (χ0n) is 11.2. The Balaban J connectivity index is 2.17. The first-order valence-electron chi connectivity index (χ1n) is 5.86. The Bertz CT molecular complexity index is 566. The van der Waals surface area contributed by atoms with Crippen molar-refractivity contribution in [1.82, 2.24) is 20.1 Å². The molecule has 0 aliphatic heterocycles. The molecule has 2 rings (SSSR count). The van der Waals surface area contributed by atoms with E-state index in [-0.39, 0.29) is 11.7 Å². The molecule has 2 aromatic rings. The highest BCUT2D eigenvalue weighted by Crippen LogP contribution is 2.21. The predicted molar refractivity (Wildman–Crippen MR) is 69.9 cm³/mol. The number of aromatic nitrogens is 3. The van der Waals surface area contributed by atoms with Gasteiger partial charge in [0.1, 0.15) is 12.1 Å². The first-order chi connectivity index (χ1) is 9.11. The number of methoxy groups -OCH3 is 1. The summed E-state index contributed by atoms with van der Waals surface area (Å²) in [5.41, 5.74) is 2.08. The van der Waals surface area contributed by atoms with Crippen LogP contribution in [0, 0.1) is 6.92 Å². The number of aromatic amines is 1. The fourth-order valence-electron chi connectivity index (χ4n) is 1.85. The van der Waals surface area contributed by atoms with E-state index in [1.807, 2.05) is 25.1 Å². The maximum absolute atomic E-state index is 12.0. The SMILES string of the molecule is COc1ccc(C)cc1CN(C)C(=O)c1ncn[nH]1. The van der Waals surface area contributed by atoms with E-state index in [9.17, 15) is 4.79 Å². The minimum Gasteiger partial charge on any atom is -0.496 e. The molecular weight excluding hydrogens is 244 g/mol. The van der Waals surface area contributed by atoms with Gasteiger partial charge < -0.3 is 9.64 Å². The molecule has 0 aliphatic carbocycles. The van der Waals surface area contributed by atoms with Crippen molar-refractivity contribution in [3.63, 3.8) is 0 Å². The van der Waals surface area contributed by atoms with Crippen molar-refractivity contribution in [2.24, 2.45) is 0 Å². The van der Waals surface area contributed by atoms with E-state index in [1.54, 1.807) is 19.1 Å². The van der Waals surface area contributed by atoms with Gasteiger partial charge in [0.15, 0.2) is 0 Å². The number of nitrogens with zero attached hydrogens (tertiary/aromatic N) is 3. The Morgan fingerprint density at radius 1 is 1.47 bits per heavy atom. The third-order valence-electron chi connectivity index (χ3n) is 2.81. The summed E-state index contributed by atoms with van der Waals surface area (Å²) in [4.78, 5) is 17.5. The summed E-state index contributed by atoms with van der Waals surface area (Å²) in [6.07, 6.45) is 1.31. The zero-order chi connectivity index (χ0) is 13.8. The minimum absolute atomic E-state index is 0.207. The largest absolute Gasteiger partial charge is 0.496 e. The second-order valence-corrected chi connectivity index (χ2v) is 4.31. The summed E-state index contributed by atoms with van der Waals surface area (Å²) >= 11 is 0. The Hall–Kier alpha value is -2.37. The van der Waals surface area contributed by atoms with Gasteiger partial charge in [0.25, 0.3) is 5.91 Å². The van der Waals surface area contributed by atoms with Crippen LogP contribution in [-0.4, -0.2) is 40.1 Å². The Morgan fingerprint density at radius 3 is 2.89 bits per heavy atom. The van der Waals surface area contributed by atoms with Crippen LogP contribution in [0.3, 0.4) is 0 Å². The van der Waals surface area contributed by atoms with Crippen LogP contribution in [0.1, 0.15) is 21.7 Å². The highest BCUT2D eigenvalue weighted by Gasteiger charge is 2.16. The van der Waals surface area contributed by atoms with Crippen molar-refractivity contribution in [2.75, 3.05) is 14.2 Å². The van der Waals surface area contributed by atoms with E-state index in [1.165, 1.54) is 6.33 Å². The van der Waals surface area contributed by atoms with Crippen molar-refractivity contribution >= 4 is 5.91 Å². The molecule has 0 atom stereocenters. The molecule has 6 heteroatoms. The molecule has 19 heavy (non-hydrogen) atoms. The van der Waals surface area contributed by atoms with Gasteiger partial charge in [-0.1, -0.05) is 17.7 Å². The topological polar surface area (TPSA) is 71.1 Å². The standard InChI is InChI=1S/C13H16N4O2/c1-9-4-5-11(19-3)10(6-9)7-17(2)13(18)12-14-8-15-16-12/h4-6,8H,7H2,1-3H3,(H,14,15,16). The van der Waals surface area contributed by atoms with Crippen molar-refractivity contribution in [1.29, 1.82) is 0 Å². The van der Waals surface area contributed by atoms with Crippen LogP contribution in [0.4, 0.5) is 0 Å². The second-order valence-electron chi connectivity index (χ2n) is 4.31. The fraction of sp³-hybridized carbons (Fsp3) is 0.308. The van der Waals surface area contributed by atoms with Crippen LogP contribution in [0.5, 0.6) is 5.75 Å². The maximum Gasteiger partial charge on any atom is 0.291 e. The van der Waals surface area contributed by atoms with Crippen molar-refractivity contribution < 1.29 is 9.53 Å². The molecule has 0 spiro atoms. The van der Waals surface area contributed by atoms with Gasteiger partial charge in [0.2, 0.25) is 5.82 Å². The number of benzene rings is 1. The highest BCUT2D eigenvalue weighted by atomic mass is 16.5. The fourth-order valence-corrected chi connectivity index (χ4v) is 1.85. The quantitative estimate of drug-likeness (QED) is 0.901. The van der Waals surface area contributed by atoms with E-state index >= 15 is 0 Å². The number of H-pyrrole nitrogens is 1. The number of hydrogen-bond donors (Lipinski definition) is 1. The lowest BCUT2D eigenvalue weighted by molar-refractivity contribution is 0.0772. The molecule has 0 radical (unpaired) electrons. The van der Waals surface area contributed by atoms with Crippen molar-refractivity contribution in [3.05, 3.63) is 41.5 Å². The number of carbonyl (C=O) groups is 1. The molecule has 1 aromatic carbocycles. The first-order valence-corrected chi connectivity index (χ1v) is 5.86. The van der Waals surface area contributed by atoms with E-state index in [0.717, 1.165) is 16.9 Å². The Morgan fingerprint density at radius 2 is 2.26 bits per heavy atom. The third kappa shape index (κ3) is 2.90. The van der Waals surface area contributed by atoms with Gasteiger partial charge >= 0.3 is 0 Å². The molecule has 1 heterocycles. The molecule has 1 N–H and O–H groups in total. The van der Waals surface area contributed by atoms with Gasteiger partial charge in [-0.3, -0.25) is 9.89 Å². The third-order valence-corrected chi connectivity index (χ3v) is 2.81. The first kappa shape index (κ1) is 13.1. The van der Waals surface area contributed by atoms with Crippen molar-refractivity contribution in [2.45, 2.75) is 13.5 Å². The van der Waals surface area contributed by atoms with Crippen LogP contribution >= 0.6 is 0 Å². The number of rotatable bonds is 4. The molecule has 0 fully saturated rings. The number of nitrogens with one attached hydrogen (secondary N) is 1. The monoisotopic (exact) mass is 260 g/mol. The number of ether oxygens (including phenoxy) is 1. The van der Waals surface area contributed by atoms with Crippen LogP contribution < -0.4 is 4.74 Å². The lowest BCUT2D eigenvalue weighted by atomic mass is 10.1. The minimum atomic E-state index is -0.207. The van der Waals surface area contributed by atoms with Gasteiger partial charge in [0, 0.05) is 19.2 Å². The lowest BCUT2D eigenvalue weighted by Crippen LogP contribution is -2.27. The molecule has 6 nitrogen and oxygen atoms in total. The molecule has 0 bridgehead atoms. The van der Waals surface area contributed by atoms with E-state index < -0.39 is 0 Å². The summed E-state index contributed by atoms with van der Waals surface area (Å²) in [6.45, 7) is 2.45.